The maximum atomic E-state index is 11.9. The molecule has 8 nitrogen and oxygen atoms in total. The Morgan fingerprint density at radius 2 is 2.00 bits per heavy atom. The van der Waals surface area contributed by atoms with Crippen molar-refractivity contribution in [3.8, 4) is 0 Å². The smallest absolute Gasteiger partial charge is 0.336 e. The Balaban J connectivity index is 1.85. The zero-order valence-corrected chi connectivity index (χ0v) is 15.3. The molecule has 4 rings (SSSR count). The molecule has 1 aromatic carbocycles. The van der Waals surface area contributed by atoms with Crippen molar-refractivity contribution in [3.63, 3.8) is 0 Å². The van der Waals surface area contributed by atoms with Gasteiger partial charge < -0.3 is 20.6 Å². The summed E-state index contributed by atoms with van der Waals surface area (Å²) in [5.74, 6) is 0.513. The van der Waals surface area contributed by atoms with Crippen LogP contribution in [0.2, 0.25) is 0 Å². The largest absolute Gasteiger partial charge is 0.423 e. The Bertz CT molecular complexity index is 988. The Hall–Kier alpha value is -2.87. The summed E-state index contributed by atoms with van der Waals surface area (Å²) in [6, 6.07) is 7.12. The van der Waals surface area contributed by atoms with Crippen LogP contribution in [-0.2, 0) is 11.3 Å². The van der Waals surface area contributed by atoms with Crippen LogP contribution in [0.25, 0.3) is 11.0 Å². The summed E-state index contributed by atoms with van der Waals surface area (Å²) in [5.41, 5.74) is 13.3. The van der Waals surface area contributed by atoms with Gasteiger partial charge in [0.25, 0.3) is 0 Å². The molecule has 8 heteroatoms. The first-order chi connectivity index (χ1) is 13.0. The van der Waals surface area contributed by atoms with E-state index in [1.807, 2.05) is 23.1 Å². The third-order valence-electron chi connectivity index (χ3n) is 5.22. The molecule has 142 valence electrons. The predicted octanol–water partition coefficient (Wildman–Crippen LogP) is 2.05. The molecule has 4 N–H and O–H groups in total. The van der Waals surface area contributed by atoms with Crippen molar-refractivity contribution in [2.75, 3.05) is 12.0 Å². The first-order valence-corrected chi connectivity index (χ1v) is 9.08. The normalized spacial score (nSPS) is 19.2. The minimum atomic E-state index is -0.535. The van der Waals surface area contributed by atoms with Crippen LogP contribution in [-0.4, -0.2) is 24.7 Å². The average molecular weight is 369 g/mol. The number of guanidine groups is 2. The topological polar surface area (TPSA) is 119 Å². The van der Waals surface area contributed by atoms with E-state index >= 15 is 0 Å². The molecule has 0 amide bonds. The molecule has 0 unspecified atom stereocenters. The van der Waals surface area contributed by atoms with Gasteiger partial charge in [0.15, 0.2) is 0 Å². The van der Waals surface area contributed by atoms with Crippen molar-refractivity contribution < 1.29 is 9.15 Å². The van der Waals surface area contributed by atoms with Crippen LogP contribution in [0.5, 0.6) is 0 Å². The highest BCUT2D eigenvalue weighted by molar-refractivity contribution is 6.06. The number of ether oxygens (including phenoxy) is 1. The molecule has 2 aromatic rings. The molecule has 2 heterocycles. The number of rotatable bonds is 3. The molecule has 1 fully saturated rings. The third-order valence-corrected chi connectivity index (χ3v) is 5.22. The summed E-state index contributed by atoms with van der Waals surface area (Å²) in [5, 5.41) is 0.827. The van der Waals surface area contributed by atoms with Gasteiger partial charge in [0.2, 0.25) is 11.9 Å². The quantitative estimate of drug-likeness (QED) is 0.799. The fourth-order valence-electron chi connectivity index (χ4n) is 4.13. The molecule has 1 aliphatic heterocycles. The number of benzene rings is 1. The van der Waals surface area contributed by atoms with Gasteiger partial charge in [0.1, 0.15) is 11.2 Å². The molecule has 2 aliphatic rings. The van der Waals surface area contributed by atoms with Crippen LogP contribution < -0.4 is 22.0 Å². The number of methoxy groups -OCH3 is 1. The van der Waals surface area contributed by atoms with Gasteiger partial charge in [-0.25, -0.2) is 9.79 Å². The summed E-state index contributed by atoms with van der Waals surface area (Å²) < 4.78 is 10.6. The molecular formula is C19H23N5O3. The highest BCUT2D eigenvalue weighted by Crippen LogP contribution is 2.40. The van der Waals surface area contributed by atoms with Crippen LogP contribution in [0.15, 0.2) is 43.5 Å². The number of aliphatic imine (C=N–C) groups is 2. The van der Waals surface area contributed by atoms with Gasteiger partial charge in [0, 0.05) is 24.6 Å². The Morgan fingerprint density at radius 1 is 1.22 bits per heavy atom. The highest BCUT2D eigenvalue weighted by Gasteiger charge is 2.42. The van der Waals surface area contributed by atoms with Crippen LogP contribution in [0.1, 0.15) is 37.7 Å². The fourth-order valence-corrected chi connectivity index (χ4v) is 4.13. The lowest BCUT2D eigenvalue weighted by atomic mass is 9.87. The second-order valence-electron chi connectivity index (χ2n) is 7.02. The van der Waals surface area contributed by atoms with E-state index in [2.05, 4.69) is 9.98 Å². The maximum Gasteiger partial charge on any atom is 0.336 e. The monoisotopic (exact) mass is 369 g/mol. The van der Waals surface area contributed by atoms with Gasteiger partial charge in [-0.2, -0.15) is 4.99 Å². The summed E-state index contributed by atoms with van der Waals surface area (Å²) in [6.45, 7) is 0.333. The van der Waals surface area contributed by atoms with Gasteiger partial charge in [-0.1, -0.05) is 6.42 Å². The highest BCUT2D eigenvalue weighted by atomic mass is 16.5. The van der Waals surface area contributed by atoms with Gasteiger partial charge in [-0.05, 0) is 43.4 Å². The van der Waals surface area contributed by atoms with Crippen molar-refractivity contribution >= 4 is 28.6 Å². The number of nitrogens with zero attached hydrogens (tertiary/aromatic N) is 3. The van der Waals surface area contributed by atoms with Crippen molar-refractivity contribution in [1.82, 2.24) is 0 Å². The molecule has 1 spiro atoms. The van der Waals surface area contributed by atoms with E-state index in [4.69, 9.17) is 20.6 Å². The minimum Gasteiger partial charge on any atom is -0.423 e. The van der Waals surface area contributed by atoms with Crippen LogP contribution >= 0.6 is 0 Å². The standard InChI is InChI=1S/C19H23N5O3/c1-26-11-12-9-16(25)27-15-10-13(5-6-14(12)15)24-18(21)22-17(20)23-19(24)7-3-2-4-8-19/h5-6,9-10H,2-4,7-8,11H2,1H3,(H4,20,21,22,23). The molecule has 0 atom stereocenters. The van der Waals surface area contributed by atoms with Crippen molar-refractivity contribution in [3.05, 3.63) is 40.2 Å². The van der Waals surface area contributed by atoms with Crippen molar-refractivity contribution in [2.45, 2.75) is 44.4 Å². The third kappa shape index (κ3) is 3.06. The minimum absolute atomic E-state index is 0.209. The fraction of sp³-hybridized carbons (Fsp3) is 0.421. The van der Waals surface area contributed by atoms with E-state index < -0.39 is 11.3 Å². The van der Waals surface area contributed by atoms with Crippen LogP contribution in [0, 0.1) is 0 Å². The zero-order valence-electron chi connectivity index (χ0n) is 15.3. The summed E-state index contributed by atoms with van der Waals surface area (Å²) in [7, 11) is 1.59. The van der Waals surface area contributed by atoms with E-state index in [0.717, 1.165) is 48.7 Å². The molecule has 0 bridgehead atoms. The first-order valence-electron chi connectivity index (χ1n) is 9.08. The van der Waals surface area contributed by atoms with E-state index in [0.29, 0.717) is 18.1 Å². The summed E-state index contributed by atoms with van der Waals surface area (Å²) in [6.07, 6.45) is 4.93. The number of hydrogen-bond donors (Lipinski definition) is 2. The molecule has 27 heavy (non-hydrogen) atoms. The lowest BCUT2D eigenvalue weighted by Gasteiger charge is -2.45. The van der Waals surface area contributed by atoms with Gasteiger partial charge >= 0.3 is 5.63 Å². The van der Waals surface area contributed by atoms with E-state index in [1.165, 1.54) is 6.07 Å². The number of hydrogen-bond acceptors (Lipinski definition) is 8. The lowest BCUT2D eigenvalue weighted by Crippen LogP contribution is -2.58. The average Bonchev–Trinajstić information content (AvgIpc) is 2.61. The Morgan fingerprint density at radius 3 is 2.74 bits per heavy atom. The zero-order chi connectivity index (χ0) is 19.0. The molecule has 1 aliphatic carbocycles. The maximum absolute atomic E-state index is 11.9. The van der Waals surface area contributed by atoms with Gasteiger partial charge in [-0.15, -0.1) is 0 Å². The van der Waals surface area contributed by atoms with Crippen LogP contribution in [0.4, 0.5) is 5.69 Å². The molecular weight excluding hydrogens is 346 g/mol. The second kappa shape index (κ2) is 6.70. The predicted molar refractivity (Wildman–Crippen MR) is 105 cm³/mol. The molecule has 0 saturated heterocycles. The summed E-state index contributed by atoms with van der Waals surface area (Å²) >= 11 is 0. The van der Waals surface area contributed by atoms with Crippen LogP contribution in [0.3, 0.4) is 0 Å². The summed E-state index contributed by atoms with van der Waals surface area (Å²) in [4.78, 5) is 22.7. The first kappa shape index (κ1) is 17.5. The van der Waals surface area contributed by atoms with E-state index in [1.54, 1.807) is 7.11 Å². The molecule has 1 aromatic heterocycles. The van der Waals surface area contributed by atoms with Crippen molar-refractivity contribution in [1.29, 1.82) is 0 Å². The lowest BCUT2D eigenvalue weighted by molar-refractivity contribution is 0.185. The number of anilines is 1. The number of nitrogens with two attached hydrogens (primary N) is 2. The Kier molecular flexibility index (Phi) is 4.35. The van der Waals surface area contributed by atoms with Gasteiger partial charge in [0.05, 0.1) is 12.3 Å². The van der Waals surface area contributed by atoms with Crippen molar-refractivity contribution in [2.24, 2.45) is 21.5 Å². The van der Waals surface area contributed by atoms with Gasteiger partial charge in [-0.3, -0.25) is 4.90 Å². The Labute approximate surface area is 156 Å². The molecule has 0 radical (unpaired) electrons. The van der Waals surface area contributed by atoms with E-state index in [9.17, 15) is 4.79 Å². The molecule has 1 saturated carbocycles. The number of fused-ring (bicyclic) bond motifs is 1. The van der Waals surface area contributed by atoms with E-state index in [-0.39, 0.29) is 5.96 Å². The SMILES string of the molecule is COCc1cc(=O)oc2cc(N3C(N)=NC(N)=NC34CCCCC4)ccc12. The second-order valence-corrected chi connectivity index (χ2v) is 7.02.